The Morgan fingerprint density at radius 2 is 1.75 bits per heavy atom. The normalized spacial score (nSPS) is 13.4. The van der Waals surface area contributed by atoms with Crippen LogP contribution >= 0.6 is 11.3 Å². The van der Waals surface area contributed by atoms with Gasteiger partial charge >= 0.3 is 0 Å². The lowest BCUT2D eigenvalue weighted by Gasteiger charge is -2.16. The Kier molecular flexibility index (Phi) is 5.34. The third kappa shape index (κ3) is 4.04. The fraction of sp³-hybridized carbons (Fsp3) is 0.190. The molecule has 0 aliphatic carbocycles. The number of thiophene rings is 1. The molecule has 7 heteroatoms. The number of hydrogen-bond donors (Lipinski definition) is 2. The molecule has 2 aromatic heterocycles. The van der Waals surface area contributed by atoms with Crippen molar-refractivity contribution in [2.24, 2.45) is 0 Å². The van der Waals surface area contributed by atoms with Gasteiger partial charge in [0.15, 0.2) is 0 Å². The lowest BCUT2D eigenvalue weighted by Crippen LogP contribution is -2.19. The Hall–Kier alpha value is -3.19. The standard InChI is InChI=1S/C21H20N4O2S/c26-20(23-15-9-10-19(22-14-15)25-11-3-4-12-25)16-6-1-2-7-17(16)24-21(27)18-8-5-13-28-18/h1-2,5-10,13-14H,3-4,11-12H2,(H,23,26)(H,24,27). The van der Waals surface area contributed by atoms with E-state index >= 15 is 0 Å². The molecule has 2 amide bonds. The van der Waals surface area contributed by atoms with Crippen molar-refractivity contribution in [2.75, 3.05) is 28.6 Å². The second kappa shape index (κ2) is 8.22. The number of carbonyl (C=O) groups excluding carboxylic acids is 2. The Morgan fingerprint density at radius 1 is 0.929 bits per heavy atom. The topological polar surface area (TPSA) is 74.3 Å². The van der Waals surface area contributed by atoms with E-state index in [9.17, 15) is 9.59 Å². The first-order chi connectivity index (χ1) is 13.7. The van der Waals surface area contributed by atoms with Gasteiger partial charge in [-0.25, -0.2) is 4.98 Å². The van der Waals surface area contributed by atoms with E-state index in [1.54, 1.807) is 36.5 Å². The fourth-order valence-electron chi connectivity index (χ4n) is 3.17. The predicted octanol–water partition coefficient (Wildman–Crippen LogP) is 4.25. The van der Waals surface area contributed by atoms with Gasteiger partial charge in [-0.2, -0.15) is 0 Å². The van der Waals surface area contributed by atoms with E-state index in [1.165, 1.54) is 24.2 Å². The van der Waals surface area contributed by atoms with Crippen molar-refractivity contribution in [3.8, 4) is 0 Å². The average molecular weight is 392 g/mol. The lowest BCUT2D eigenvalue weighted by atomic mass is 10.1. The van der Waals surface area contributed by atoms with Gasteiger partial charge in [0, 0.05) is 13.1 Å². The Bertz CT molecular complexity index is 964. The summed E-state index contributed by atoms with van der Waals surface area (Å²) in [7, 11) is 0. The highest BCUT2D eigenvalue weighted by Gasteiger charge is 2.16. The summed E-state index contributed by atoms with van der Waals surface area (Å²) in [5, 5.41) is 7.51. The van der Waals surface area contributed by atoms with Gasteiger partial charge in [0.25, 0.3) is 11.8 Å². The highest BCUT2D eigenvalue weighted by Crippen LogP contribution is 2.22. The van der Waals surface area contributed by atoms with E-state index < -0.39 is 0 Å². The molecule has 142 valence electrons. The maximum Gasteiger partial charge on any atom is 0.265 e. The van der Waals surface area contributed by atoms with Crippen LogP contribution in [0.25, 0.3) is 0 Å². The molecule has 0 saturated carbocycles. The van der Waals surface area contributed by atoms with Crippen LogP contribution in [0.1, 0.15) is 32.9 Å². The summed E-state index contributed by atoms with van der Waals surface area (Å²) in [4.78, 5) is 32.4. The molecule has 4 rings (SSSR count). The molecule has 0 bridgehead atoms. The molecule has 3 heterocycles. The van der Waals surface area contributed by atoms with Crippen LogP contribution in [0.3, 0.4) is 0 Å². The van der Waals surface area contributed by atoms with Gasteiger partial charge < -0.3 is 15.5 Å². The first-order valence-electron chi connectivity index (χ1n) is 9.17. The highest BCUT2D eigenvalue weighted by molar-refractivity contribution is 7.12. The SMILES string of the molecule is O=C(Nc1ccccc1C(=O)Nc1ccc(N2CCCC2)nc1)c1cccs1. The van der Waals surface area contributed by atoms with E-state index in [2.05, 4.69) is 20.5 Å². The van der Waals surface area contributed by atoms with Crippen LogP contribution in [0.15, 0.2) is 60.1 Å². The zero-order valence-electron chi connectivity index (χ0n) is 15.2. The Morgan fingerprint density at radius 3 is 2.46 bits per heavy atom. The molecule has 1 saturated heterocycles. The number of hydrogen-bond acceptors (Lipinski definition) is 5. The second-order valence-corrected chi connectivity index (χ2v) is 7.48. The Labute approximate surface area is 167 Å². The first-order valence-corrected chi connectivity index (χ1v) is 10.0. The fourth-order valence-corrected chi connectivity index (χ4v) is 3.79. The average Bonchev–Trinajstić information content (AvgIpc) is 3.43. The summed E-state index contributed by atoms with van der Waals surface area (Å²) in [5.41, 5.74) is 1.49. The minimum atomic E-state index is -0.294. The number of pyridine rings is 1. The van der Waals surface area contributed by atoms with E-state index in [4.69, 9.17) is 0 Å². The third-order valence-corrected chi connectivity index (χ3v) is 5.47. The summed E-state index contributed by atoms with van der Waals surface area (Å²) in [6, 6.07) is 14.3. The highest BCUT2D eigenvalue weighted by atomic mass is 32.1. The molecule has 0 unspecified atom stereocenters. The summed E-state index contributed by atoms with van der Waals surface area (Å²) in [6.45, 7) is 2.05. The van der Waals surface area contributed by atoms with Gasteiger partial charge in [0.1, 0.15) is 5.82 Å². The molecule has 3 aromatic rings. The van der Waals surface area contributed by atoms with Gasteiger partial charge in [0.05, 0.1) is 28.0 Å². The third-order valence-electron chi connectivity index (χ3n) is 4.60. The molecule has 1 aliphatic heterocycles. The smallest absolute Gasteiger partial charge is 0.265 e. The lowest BCUT2D eigenvalue weighted by molar-refractivity contribution is 0.102. The maximum atomic E-state index is 12.7. The minimum Gasteiger partial charge on any atom is -0.357 e. The van der Waals surface area contributed by atoms with Crippen molar-refractivity contribution in [3.63, 3.8) is 0 Å². The monoisotopic (exact) mass is 392 g/mol. The number of aromatic nitrogens is 1. The molecular formula is C21H20N4O2S. The molecule has 2 N–H and O–H groups in total. The predicted molar refractivity (Wildman–Crippen MR) is 112 cm³/mol. The van der Waals surface area contributed by atoms with E-state index in [-0.39, 0.29) is 11.8 Å². The number of nitrogens with one attached hydrogen (secondary N) is 2. The van der Waals surface area contributed by atoms with Gasteiger partial charge in [-0.15, -0.1) is 11.3 Å². The number of carbonyl (C=O) groups is 2. The maximum absolute atomic E-state index is 12.7. The molecule has 1 fully saturated rings. The summed E-state index contributed by atoms with van der Waals surface area (Å²) in [5.74, 6) is 0.406. The van der Waals surface area contributed by atoms with Crippen molar-refractivity contribution >= 4 is 40.3 Å². The van der Waals surface area contributed by atoms with Crippen molar-refractivity contribution in [1.29, 1.82) is 0 Å². The zero-order chi connectivity index (χ0) is 19.3. The number of benzene rings is 1. The van der Waals surface area contributed by atoms with Gasteiger partial charge in [-0.05, 0) is 48.6 Å². The molecule has 0 radical (unpaired) electrons. The summed E-state index contributed by atoms with van der Waals surface area (Å²) < 4.78 is 0. The molecule has 6 nitrogen and oxygen atoms in total. The van der Waals surface area contributed by atoms with Crippen molar-refractivity contribution in [3.05, 3.63) is 70.5 Å². The van der Waals surface area contributed by atoms with Crippen LogP contribution in [0.2, 0.25) is 0 Å². The largest absolute Gasteiger partial charge is 0.357 e. The number of para-hydroxylation sites is 1. The van der Waals surface area contributed by atoms with Crippen LogP contribution in [-0.4, -0.2) is 29.9 Å². The molecule has 28 heavy (non-hydrogen) atoms. The summed E-state index contributed by atoms with van der Waals surface area (Å²) >= 11 is 1.35. The van der Waals surface area contributed by atoms with Crippen LogP contribution < -0.4 is 15.5 Å². The van der Waals surface area contributed by atoms with E-state index in [1.807, 2.05) is 23.6 Å². The van der Waals surface area contributed by atoms with Gasteiger partial charge in [-0.1, -0.05) is 18.2 Å². The number of amides is 2. The van der Waals surface area contributed by atoms with Crippen molar-refractivity contribution in [2.45, 2.75) is 12.8 Å². The first kappa shape index (κ1) is 18.2. The van der Waals surface area contributed by atoms with E-state index in [0.29, 0.717) is 21.8 Å². The quantitative estimate of drug-likeness (QED) is 0.681. The van der Waals surface area contributed by atoms with Crippen LogP contribution in [0.5, 0.6) is 0 Å². The van der Waals surface area contributed by atoms with Crippen LogP contribution in [0.4, 0.5) is 17.2 Å². The second-order valence-electron chi connectivity index (χ2n) is 6.53. The number of nitrogens with zero attached hydrogens (tertiary/aromatic N) is 2. The summed E-state index contributed by atoms with van der Waals surface area (Å²) in [6.07, 6.45) is 4.04. The van der Waals surface area contributed by atoms with Crippen LogP contribution in [0, 0.1) is 0 Å². The molecule has 1 aromatic carbocycles. The molecular weight excluding hydrogens is 372 g/mol. The molecule has 0 atom stereocenters. The van der Waals surface area contributed by atoms with Crippen molar-refractivity contribution in [1.82, 2.24) is 4.98 Å². The Balaban J connectivity index is 1.46. The molecule has 0 spiro atoms. The van der Waals surface area contributed by atoms with E-state index in [0.717, 1.165) is 18.9 Å². The zero-order valence-corrected chi connectivity index (χ0v) is 16.0. The van der Waals surface area contributed by atoms with Gasteiger partial charge in [0.2, 0.25) is 0 Å². The van der Waals surface area contributed by atoms with Gasteiger partial charge in [-0.3, -0.25) is 9.59 Å². The minimum absolute atomic E-state index is 0.230. The van der Waals surface area contributed by atoms with Crippen molar-refractivity contribution < 1.29 is 9.59 Å². The number of anilines is 3. The number of rotatable bonds is 5. The molecule has 1 aliphatic rings. The van der Waals surface area contributed by atoms with Crippen LogP contribution in [-0.2, 0) is 0 Å².